The van der Waals surface area contributed by atoms with Crippen LogP contribution in [0.5, 0.6) is 0 Å². The van der Waals surface area contributed by atoms with Gasteiger partial charge in [0.15, 0.2) is 0 Å². The molecule has 1 atom stereocenters. The van der Waals surface area contributed by atoms with Gasteiger partial charge in [-0.2, -0.15) is 5.10 Å². The molecule has 5 nitrogen and oxygen atoms in total. The van der Waals surface area contributed by atoms with Crippen LogP contribution < -0.4 is 5.32 Å². The minimum atomic E-state index is 0.0295. The highest BCUT2D eigenvalue weighted by Crippen LogP contribution is 2.27. The van der Waals surface area contributed by atoms with Gasteiger partial charge in [0.1, 0.15) is 0 Å². The summed E-state index contributed by atoms with van der Waals surface area (Å²) in [4.78, 5) is 14.7. The number of aryl methyl sites for hydroxylation is 1. The number of amides is 1. The second kappa shape index (κ2) is 8.30. The number of piperidine rings is 1. The second-order valence-electron chi connectivity index (χ2n) is 6.87. The summed E-state index contributed by atoms with van der Waals surface area (Å²) in [5.41, 5.74) is 2.48. The third-order valence-corrected chi connectivity index (χ3v) is 5.19. The van der Waals surface area contributed by atoms with Gasteiger partial charge in [-0.3, -0.25) is 14.4 Å². The summed E-state index contributed by atoms with van der Waals surface area (Å²) in [6, 6.07) is 12.7. The van der Waals surface area contributed by atoms with Crippen molar-refractivity contribution in [3.63, 3.8) is 0 Å². The fourth-order valence-electron chi connectivity index (χ4n) is 3.70. The summed E-state index contributed by atoms with van der Waals surface area (Å²) in [6.45, 7) is 4.53. The number of aromatic nitrogens is 2. The minimum Gasteiger partial charge on any atom is -0.347 e. The molecule has 0 radical (unpaired) electrons. The third kappa shape index (κ3) is 4.48. The van der Waals surface area contributed by atoms with Crippen molar-refractivity contribution < 1.29 is 4.79 Å². The predicted octanol–water partition coefficient (Wildman–Crippen LogP) is 2.87. The van der Waals surface area contributed by atoms with Crippen molar-refractivity contribution in [2.75, 3.05) is 19.6 Å². The van der Waals surface area contributed by atoms with Gasteiger partial charge in [-0.15, -0.1) is 0 Å². The SMILES string of the molecule is CCC(NC(=O)CN1CCC(c2ccccc2)CC1)c1ccnn1C. The maximum Gasteiger partial charge on any atom is 0.234 e. The van der Waals surface area contributed by atoms with Gasteiger partial charge in [0.2, 0.25) is 5.91 Å². The average Bonchev–Trinajstić information content (AvgIpc) is 3.07. The Morgan fingerprint density at radius 2 is 1.96 bits per heavy atom. The Balaban J connectivity index is 1.48. The Bertz CT molecular complexity index is 674. The molecule has 1 aromatic carbocycles. The average molecular weight is 340 g/mol. The van der Waals surface area contributed by atoms with Crippen LogP contribution in [0.4, 0.5) is 0 Å². The number of rotatable bonds is 6. The van der Waals surface area contributed by atoms with Crippen LogP contribution in [0.2, 0.25) is 0 Å². The van der Waals surface area contributed by atoms with Crippen molar-refractivity contribution in [2.24, 2.45) is 7.05 Å². The fourth-order valence-corrected chi connectivity index (χ4v) is 3.70. The summed E-state index contributed by atoms with van der Waals surface area (Å²) >= 11 is 0. The molecule has 2 heterocycles. The molecular formula is C20H28N4O. The van der Waals surface area contributed by atoms with E-state index >= 15 is 0 Å². The summed E-state index contributed by atoms with van der Waals surface area (Å²) in [5, 5.41) is 7.36. The van der Waals surface area contributed by atoms with Gasteiger partial charge in [0, 0.05) is 13.2 Å². The molecule has 1 aliphatic rings. The third-order valence-electron chi connectivity index (χ3n) is 5.19. The molecule has 0 aliphatic carbocycles. The molecule has 1 saturated heterocycles. The van der Waals surface area contributed by atoms with Gasteiger partial charge in [0.25, 0.3) is 0 Å². The first-order valence-corrected chi connectivity index (χ1v) is 9.22. The zero-order valence-electron chi connectivity index (χ0n) is 15.2. The zero-order chi connectivity index (χ0) is 17.6. The standard InChI is InChI=1S/C20H28N4O/c1-3-18(19-9-12-21-23(19)2)22-20(25)15-24-13-10-17(11-14-24)16-7-5-4-6-8-16/h4-9,12,17-18H,3,10-11,13-15H2,1-2H3,(H,22,25). The molecule has 1 aromatic heterocycles. The number of hydrogen-bond acceptors (Lipinski definition) is 3. The Hall–Kier alpha value is -2.14. The molecule has 5 heteroatoms. The van der Waals surface area contributed by atoms with E-state index < -0.39 is 0 Å². The van der Waals surface area contributed by atoms with Crippen LogP contribution in [-0.4, -0.2) is 40.2 Å². The summed E-state index contributed by atoms with van der Waals surface area (Å²) < 4.78 is 1.83. The molecule has 25 heavy (non-hydrogen) atoms. The number of nitrogens with zero attached hydrogens (tertiary/aromatic N) is 3. The molecular weight excluding hydrogens is 312 g/mol. The molecule has 1 aliphatic heterocycles. The van der Waals surface area contributed by atoms with E-state index in [2.05, 4.69) is 52.6 Å². The van der Waals surface area contributed by atoms with E-state index in [9.17, 15) is 4.79 Å². The van der Waals surface area contributed by atoms with E-state index in [0.717, 1.165) is 38.0 Å². The smallest absolute Gasteiger partial charge is 0.234 e. The lowest BCUT2D eigenvalue weighted by atomic mass is 9.89. The molecule has 3 rings (SSSR count). The maximum absolute atomic E-state index is 12.5. The molecule has 0 spiro atoms. The highest BCUT2D eigenvalue weighted by Gasteiger charge is 2.23. The predicted molar refractivity (Wildman–Crippen MR) is 99.2 cm³/mol. The van der Waals surface area contributed by atoms with E-state index in [-0.39, 0.29) is 11.9 Å². The monoisotopic (exact) mass is 340 g/mol. The summed E-state index contributed by atoms with van der Waals surface area (Å²) in [7, 11) is 1.92. The minimum absolute atomic E-state index is 0.0295. The molecule has 0 saturated carbocycles. The number of carbonyl (C=O) groups is 1. The summed E-state index contributed by atoms with van der Waals surface area (Å²) in [5.74, 6) is 0.726. The van der Waals surface area contributed by atoms with Crippen LogP contribution in [0.3, 0.4) is 0 Å². The number of carbonyl (C=O) groups excluding carboxylic acids is 1. The van der Waals surface area contributed by atoms with Crippen LogP contribution in [-0.2, 0) is 11.8 Å². The van der Waals surface area contributed by atoms with Crippen molar-refractivity contribution in [1.82, 2.24) is 20.0 Å². The molecule has 1 N–H and O–H groups in total. The van der Waals surface area contributed by atoms with Crippen molar-refractivity contribution in [2.45, 2.75) is 38.1 Å². The Morgan fingerprint density at radius 1 is 1.24 bits per heavy atom. The van der Waals surface area contributed by atoms with Crippen LogP contribution in [0.1, 0.15) is 49.4 Å². The van der Waals surface area contributed by atoms with Gasteiger partial charge in [-0.25, -0.2) is 0 Å². The molecule has 1 amide bonds. The number of nitrogens with one attached hydrogen (secondary N) is 1. The van der Waals surface area contributed by atoms with Crippen molar-refractivity contribution in [3.05, 3.63) is 53.9 Å². The first kappa shape index (κ1) is 17.7. The number of hydrogen-bond donors (Lipinski definition) is 1. The first-order chi connectivity index (χ1) is 12.2. The van der Waals surface area contributed by atoms with Gasteiger partial charge in [-0.05, 0) is 49.9 Å². The van der Waals surface area contributed by atoms with E-state index in [0.29, 0.717) is 12.5 Å². The lowest BCUT2D eigenvalue weighted by Crippen LogP contribution is -2.42. The van der Waals surface area contributed by atoms with Crippen LogP contribution >= 0.6 is 0 Å². The number of benzene rings is 1. The van der Waals surface area contributed by atoms with Crippen LogP contribution in [0.15, 0.2) is 42.6 Å². The zero-order valence-corrected chi connectivity index (χ0v) is 15.2. The molecule has 1 fully saturated rings. The Labute approximate surface area is 150 Å². The lowest BCUT2D eigenvalue weighted by Gasteiger charge is -2.32. The largest absolute Gasteiger partial charge is 0.347 e. The van der Waals surface area contributed by atoms with Crippen molar-refractivity contribution in [1.29, 1.82) is 0 Å². The highest BCUT2D eigenvalue weighted by molar-refractivity contribution is 5.78. The lowest BCUT2D eigenvalue weighted by molar-refractivity contribution is -0.123. The van der Waals surface area contributed by atoms with Crippen LogP contribution in [0.25, 0.3) is 0 Å². The first-order valence-electron chi connectivity index (χ1n) is 9.22. The molecule has 0 bridgehead atoms. The molecule has 134 valence electrons. The van der Waals surface area contributed by atoms with E-state index in [4.69, 9.17) is 0 Å². The fraction of sp³-hybridized carbons (Fsp3) is 0.500. The van der Waals surface area contributed by atoms with Gasteiger partial charge in [0.05, 0.1) is 18.3 Å². The Kier molecular flexibility index (Phi) is 5.87. The normalized spacial score (nSPS) is 17.4. The van der Waals surface area contributed by atoms with E-state index in [1.807, 2.05) is 17.8 Å². The van der Waals surface area contributed by atoms with Crippen molar-refractivity contribution in [3.8, 4) is 0 Å². The van der Waals surface area contributed by atoms with Gasteiger partial charge in [-0.1, -0.05) is 37.3 Å². The van der Waals surface area contributed by atoms with Gasteiger partial charge >= 0.3 is 0 Å². The summed E-state index contributed by atoms with van der Waals surface area (Å²) in [6.07, 6.45) is 4.88. The topological polar surface area (TPSA) is 50.2 Å². The van der Waals surface area contributed by atoms with E-state index in [1.54, 1.807) is 6.20 Å². The molecule has 2 aromatic rings. The quantitative estimate of drug-likeness (QED) is 0.880. The van der Waals surface area contributed by atoms with Crippen molar-refractivity contribution >= 4 is 5.91 Å². The van der Waals surface area contributed by atoms with Gasteiger partial charge < -0.3 is 5.32 Å². The number of likely N-dealkylation sites (tertiary alicyclic amines) is 1. The maximum atomic E-state index is 12.5. The molecule has 1 unspecified atom stereocenters. The highest BCUT2D eigenvalue weighted by atomic mass is 16.2. The van der Waals surface area contributed by atoms with Crippen LogP contribution in [0, 0.1) is 0 Å². The second-order valence-corrected chi connectivity index (χ2v) is 6.87. The Morgan fingerprint density at radius 3 is 2.56 bits per heavy atom. The van der Waals surface area contributed by atoms with E-state index in [1.165, 1.54) is 5.56 Å².